The average molecular weight is 452 g/mol. The number of nitrogens with one attached hydrogen (secondary N) is 1. The van der Waals surface area contributed by atoms with Gasteiger partial charge < -0.3 is 20.5 Å². The van der Waals surface area contributed by atoms with Crippen molar-refractivity contribution >= 4 is 40.1 Å². The molecule has 0 fully saturated rings. The summed E-state index contributed by atoms with van der Waals surface area (Å²) >= 11 is 5.83. The Morgan fingerprint density at radius 2 is 2.03 bits per heavy atom. The molecule has 0 aliphatic heterocycles. The van der Waals surface area contributed by atoms with E-state index >= 15 is 0 Å². The minimum atomic E-state index is 0.346. The van der Waals surface area contributed by atoms with Crippen molar-refractivity contribution in [3.05, 3.63) is 59.8 Å². The number of aryl methyl sites for hydroxylation is 1. The summed E-state index contributed by atoms with van der Waals surface area (Å²) in [6.07, 6.45) is 6.94. The minimum Gasteiger partial charge on any atom is -0.498 e. The maximum atomic E-state index is 5.92. The van der Waals surface area contributed by atoms with Gasteiger partial charge in [-0.25, -0.2) is 15.0 Å². The number of pyridine rings is 3. The molecule has 9 nitrogen and oxygen atoms in total. The number of anilines is 2. The quantitative estimate of drug-likeness (QED) is 0.236. The number of aromatic nitrogens is 5. The van der Waals surface area contributed by atoms with Crippen molar-refractivity contribution < 1.29 is 9.47 Å². The molecule has 3 N–H and O–H groups in total. The van der Waals surface area contributed by atoms with Gasteiger partial charge in [0.1, 0.15) is 30.0 Å². The Bertz CT molecular complexity index is 1270. The highest BCUT2D eigenvalue weighted by atomic mass is 35.5. The van der Waals surface area contributed by atoms with E-state index in [0.29, 0.717) is 30.1 Å². The zero-order chi connectivity index (χ0) is 22.5. The van der Waals surface area contributed by atoms with E-state index in [9.17, 15) is 0 Å². The van der Waals surface area contributed by atoms with E-state index < -0.39 is 0 Å². The van der Waals surface area contributed by atoms with E-state index in [1.165, 1.54) is 0 Å². The third-order valence-electron chi connectivity index (χ3n) is 4.70. The van der Waals surface area contributed by atoms with Crippen LogP contribution in [0.25, 0.3) is 28.1 Å². The number of nitrogens with zero attached hydrogens (tertiary/aromatic N) is 5. The first-order valence-corrected chi connectivity index (χ1v) is 10.2. The van der Waals surface area contributed by atoms with Crippen LogP contribution in [-0.2, 0) is 11.8 Å². The summed E-state index contributed by atoms with van der Waals surface area (Å²) < 4.78 is 12.8. The molecule has 4 rings (SSSR count). The van der Waals surface area contributed by atoms with Crippen LogP contribution in [0.15, 0.2) is 49.0 Å². The van der Waals surface area contributed by atoms with E-state index in [-0.39, 0.29) is 0 Å². The van der Waals surface area contributed by atoms with Crippen LogP contribution < -0.4 is 15.8 Å². The van der Waals surface area contributed by atoms with E-state index in [1.807, 2.05) is 32.3 Å². The van der Waals surface area contributed by atoms with Crippen molar-refractivity contribution in [2.75, 3.05) is 31.3 Å². The lowest BCUT2D eigenvalue weighted by atomic mass is 10.1. The second-order valence-electron chi connectivity index (χ2n) is 6.82. The van der Waals surface area contributed by atoms with Gasteiger partial charge in [-0.15, -0.1) is 0 Å². The van der Waals surface area contributed by atoms with Gasteiger partial charge in [-0.2, -0.15) is 5.10 Å². The molecule has 0 atom stereocenters. The van der Waals surface area contributed by atoms with E-state index in [1.54, 1.807) is 41.5 Å². The van der Waals surface area contributed by atoms with Crippen LogP contribution in [0.4, 0.5) is 11.6 Å². The summed E-state index contributed by atoms with van der Waals surface area (Å²) in [5.74, 6) is 1.63. The molecule has 0 radical (unpaired) electrons. The second-order valence-corrected chi connectivity index (χ2v) is 7.21. The number of nitrogens with two attached hydrogens (primary N) is 1. The number of hydrogen-bond acceptors (Lipinski definition) is 8. The monoisotopic (exact) mass is 451 g/mol. The molecule has 0 aromatic carbocycles. The van der Waals surface area contributed by atoms with Gasteiger partial charge in [0.05, 0.1) is 17.6 Å². The molecule has 0 unspecified atom stereocenters. The minimum absolute atomic E-state index is 0.346. The summed E-state index contributed by atoms with van der Waals surface area (Å²) in [4.78, 5) is 12.7. The Balaban J connectivity index is 1.45. The topological polar surface area (TPSA) is 113 Å². The number of ether oxygens (including phenoxy) is 2. The first-order valence-electron chi connectivity index (χ1n) is 9.85. The maximum Gasteiger partial charge on any atom is 0.214 e. The first kappa shape index (κ1) is 21.4. The van der Waals surface area contributed by atoms with Gasteiger partial charge in [-0.05, 0) is 24.3 Å². The van der Waals surface area contributed by atoms with Crippen molar-refractivity contribution in [3.63, 3.8) is 0 Å². The maximum absolute atomic E-state index is 5.92. The predicted octanol–water partition coefficient (Wildman–Crippen LogP) is 3.77. The molecule has 0 amide bonds. The summed E-state index contributed by atoms with van der Waals surface area (Å²) in [6, 6.07) is 8.99. The van der Waals surface area contributed by atoms with Crippen molar-refractivity contribution in [1.29, 1.82) is 0 Å². The fraction of sp³-hybridized carbons (Fsp3) is 0.182. The van der Waals surface area contributed by atoms with Crippen LogP contribution in [0, 0.1) is 0 Å². The standard InChI is InChI=1S/C22H22ClN7O2/c1-25-22-17-13-26-20(24)11-15(17)16(12-27-22)18-10-14(30(2)29-18)6-7-31-8-9-32-21-5-3-4-19(23)28-21/h3-7,10-13H,8-9H2,1-2H3,(H2,24,26)(H,25,27)/b7-6+. The molecule has 0 aliphatic carbocycles. The van der Waals surface area contributed by atoms with E-state index in [2.05, 4.69) is 25.4 Å². The summed E-state index contributed by atoms with van der Waals surface area (Å²) in [7, 11) is 3.68. The van der Waals surface area contributed by atoms with Gasteiger partial charge in [0.15, 0.2) is 0 Å². The fourth-order valence-electron chi connectivity index (χ4n) is 3.17. The lowest BCUT2D eigenvalue weighted by molar-refractivity contribution is 0.176. The second kappa shape index (κ2) is 9.52. The molecule has 164 valence electrons. The summed E-state index contributed by atoms with van der Waals surface area (Å²) in [5, 5.41) is 9.88. The Hall–Kier alpha value is -3.85. The van der Waals surface area contributed by atoms with Crippen molar-refractivity contribution in [2.24, 2.45) is 7.05 Å². The Morgan fingerprint density at radius 3 is 2.84 bits per heavy atom. The van der Waals surface area contributed by atoms with Crippen LogP contribution in [0.1, 0.15) is 5.69 Å². The highest BCUT2D eigenvalue weighted by Crippen LogP contribution is 2.31. The number of nitrogen functional groups attached to an aromatic ring is 1. The third kappa shape index (κ3) is 4.73. The Labute approximate surface area is 189 Å². The molecule has 10 heteroatoms. The molecular formula is C22H22ClN7O2. The molecule has 4 aromatic heterocycles. The summed E-state index contributed by atoms with van der Waals surface area (Å²) in [5.41, 5.74) is 8.43. The van der Waals surface area contributed by atoms with Crippen LogP contribution >= 0.6 is 11.6 Å². The largest absolute Gasteiger partial charge is 0.498 e. The first-order chi connectivity index (χ1) is 15.5. The number of hydrogen-bond donors (Lipinski definition) is 2. The van der Waals surface area contributed by atoms with Crippen LogP contribution in [-0.4, -0.2) is 45.0 Å². The lowest BCUT2D eigenvalue weighted by Crippen LogP contribution is -2.05. The highest BCUT2D eigenvalue weighted by Gasteiger charge is 2.13. The van der Waals surface area contributed by atoms with Gasteiger partial charge in [0.25, 0.3) is 0 Å². The highest BCUT2D eigenvalue weighted by molar-refractivity contribution is 6.29. The number of fused-ring (bicyclic) bond motifs is 1. The zero-order valence-electron chi connectivity index (χ0n) is 17.6. The van der Waals surface area contributed by atoms with Crippen LogP contribution in [0.2, 0.25) is 5.15 Å². The summed E-state index contributed by atoms with van der Waals surface area (Å²) in [6.45, 7) is 0.709. The normalized spacial score (nSPS) is 11.2. The molecule has 0 saturated heterocycles. The lowest BCUT2D eigenvalue weighted by Gasteiger charge is -2.08. The fourth-order valence-corrected chi connectivity index (χ4v) is 3.33. The third-order valence-corrected chi connectivity index (χ3v) is 4.91. The Morgan fingerprint density at radius 1 is 1.16 bits per heavy atom. The number of halogens is 1. The van der Waals surface area contributed by atoms with E-state index in [4.69, 9.17) is 26.8 Å². The molecule has 0 saturated carbocycles. The predicted molar refractivity (Wildman–Crippen MR) is 125 cm³/mol. The molecule has 4 heterocycles. The molecule has 0 aliphatic rings. The van der Waals surface area contributed by atoms with Crippen LogP contribution in [0.5, 0.6) is 5.88 Å². The van der Waals surface area contributed by atoms with Gasteiger partial charge in [-0.1, -0.05) is 17.7 Å². The van der Waals surface area contributed by atoms with Crippen LogP contribution in [0.3, 0.4) is 0 Å². The van der Waals surface area contributed by atoms with E-state index in [0.717, 1.165) is 33.5 Å². The molecule has 4 aromatic rings. The average Bonchev–Trinajstić information content (AvgIpc) is 3.15. The Kier molecular flexibility index (Phi) is 6.37. The van der Waals surface area contributed by atoms with Crippen molar-refractivity contribution in [2.45, 2.75) is 0 Å². The molecule has 0 bridgehead atoms. The molecular weight excluding hydrogens is 430 g/mol. The van der Waals surface area contributed by atoms with Gasteiger partial charge >= 0.3 is 0 Å². The van der Waals surface area contributed by atoms with Crippen molar-refractivity contribution in [3.8, 4) is 17.1 Å². The van der Waals surface area contributed by atoms with Gasteiger partial charge in [0, 0.05) is 48.9 Å². The van der Waals surface area contributed by atoms with Gasteiger partial charge in [-0.3, -0.25) is 4.68 Å². The zero-order valence-corrected chi connectivity index (χ0v) is 18.4. The number of rotatable bonds is 8. The van der Waals surface area contributed by atoms with Crippen molar-refractivity contribution in [1.82, 2.24) is 24.7 Å². The SMILES string of the molecule is CNc1ncc(-c2cc(/C=C/OCCOc3cccc(Cl)n3)n(C)n2)c2cc(N)ncc12. The molecule has 0 spiro atoms. The molecule has 32 heavy (non-hydrogen) atoms. The van der Waals surface area contributed by atoms with Gasteiger partial charge in [0.2, 0.25) is 5.88 Å². The smallest absolute Gasteiger partial charge is 0.214 e.